The molecule has 1 aliphatic heterocycles. The standard InChI is InChI=1S/C17H27N3OS/c1-14(22-3)17(21)18-12-15-6-4-5-7-16(15)13-20-10-8-19(2)9-11-20/h4-7,14H,8-13H2,1-3H3,(H,18,21). The molecule has 22 heavy (non-hydrogen) atoms. The molecule has 0 radical (unpaired) electrons. The van der Waals surface area contributed by atoms with Gasteiger partial charge in [0, 0.05) is 39.3 Å². The van der Waals surface area contributed by atoms with Crippen LogP contribution in [-0.4, -0.2) is 60.4 Å². The molecule has 1 N–H and O–H groups in total. The van der Waals surface area contributed by atoms with E-state index in [1.54, 1.807) is 11.8 Å². The summed E-state index contributed by atoms with van der Waals surface area (Å²) < 4.78 is 0. The van der Waals surface area contributed by atoms with Crippen molar-refractivity contribution in [3.05, 3.63) is 35.4 Å². The Hall–Kier alpha value is -1.04. The summed E-state index contributed by atoms with van der Waals surface area (Å²) in [4.78, 5) is 16.8. The lowest BCUT2D eigenvalue weighted by Crippen LogP contribution is -2.44. The molecule has 0 aliphatic carbocycles. The number of amides is 1. The lowest BCUT2D eigenvalue weighted by atomic mass is 10.1. The number of nitrogens with zero attached hydrogens (tertiary/aromatic N) is 2. The molecule has 122 valence electrons. The normalized spacial score (nSPS) is 18.1. The fourth-order valence-electron chi connectivity index (χ4n) is 2.56. The minimum atomic E-state index is 0.00444. The zero-order chi connectivity index (χ0) is 15.9. The molecule has 1 aromatic rings. The van der Waals surface area contributed by atoms with E-state index < -0.39 is 0 Å². The van der Waals surface area contributed by atoms with Crippen molar-refractivity contribution < 1.29 is 4.79 Å². The Kier molecular flexibility index (Phi) is 6.73. The van der Waals surface area contributed by atoms with E-state index in [0.29, 0.717) is 6.54 Å². The van der Waals surface area contributed by atoms with Crippen LogP contribution in [0.4, 0.5) is 0 Å². The van der Waals surface area contributed by atoms with Crippen molar-refractivity contribution in [3.8, 4) is 0 Å². The first-order valence-corrected chi connectivity index (χ1v) is 9.17. The number of hydrogen-bond donors (Lipinski definition) is 1. The number of nitrogens with one attached hydrogen (secondary N) is 1. The highest BCUT2D eigenvalue weighted by Crippen LogP contribution is 2.14. The van der Waals surface area contributed by atoms with E-state index in [1.807, 2.05) is 19.2 Å². The maximum absolute atomic E-state index is 11.9. The summed E-state index contributed by atoms with van der Waals surface area (Å²) in [5, 5.41) is 3.05. The third-order valence-corrected chi connectivity index (χ3v) is 5.21. The van der Waals surface area contributed by atoms with Crippen molar-refractivity contribution in [2.24, 2.45) is 0 Å². The highest BCUT2D eigenvalue weighted by Gasteiger charge is 2.16. The Bertz CT molecular complexity index is 487. The van der Waals surface area contributed by atoms with Crippen LogP contribution in [0.5, 0.6) is 0 Å². The Balaban J connectivity index is 1.93. The Morgan fingerprint density at radius 2 is 1.86 bits per heavy atom. The highest BCUT2D eigenvalue weighted by molar-refractivity contribution is 7.99. The van der Waals surface area contributed by atoms with Gasteiger partial charge in [-0.15, -0.1) is 0 Å². The van der Waals surface area contributed by atoms with E-state index in [4.69, 9.17) is 0 Å². The zero-order valence-electron chi connectivity index (χ0n) is 13.8. The number of carbonyl (C=O) groups is 1. The van der Waals surface area contributed by atoms with Crippen molar-refractivity contribution in [1.82, 2.24) is 15.1 Å². The van der Waals surface area contributed by atoms with E-state index in [2.05, 4.69) is 40.4 Å². The number of rotatable bonds is 6. The number of likely N-dealkylation sites (N-methyl/N-ethyl adjacent to an activating group) is 1. The summed E-state index contributed by atoms with van der Waals surface area (Å²) >= 11 is 1.58. The predicted octanol–water partition coefficient (Wildman–Crippen LogP) is 1.80. The van der Waals surface area contributed by atoms with Crippen LogP contribution in [0.25, 0.3) is 0 Å². The van der Waals surface area contributed by atoms with E-state index >= 15 is 0 Å². The second-order valence-corrected chi connectivity index (χ2v) is 7.12. The molecule has 1 saturated heterocycles. The summed E-state index contributed by atoms with van der Waals surface area (Å²) in [6.07, 6.45) is 1.96. The smallest absolute Gasteiger partial charge is 0.233 e. The molecule has 0 aromatic heterocycles. The average Bonchev–Trinajstić information content (AvgIpc) is 2.55. The zero-order valence-corrected chi connectivity index (χ0v) is 14.7. The van der Waals surface area contributed by atoms with Gasteiger partial charge in [0.1, 0.15) is 0 Å². The molecule has 4 nitrogen and oxygen atoms in total. The van der Waals surface area contributed by atoms with Crippen LogP contribution in [0.3, 0.4) is 0 Å². The molecule has 1 unspecified atom stereocenters. The summed E-state index contributed by atoms with van der Waals surface area (Å²) in [6, 6.07) is 8.43. The second-order valence-electron chi connectivity index (χ2n) is 5.94. The van der Waals surface area contributed by atoms with E-state index in [-0.39, 0.29) is 11.2 Å². The molecule has 2 rings (SSSR count). The molecule has 1 heterocycles. The molecule has 1 aliphatic rings. The number of hydrogen-bond acceptors (Lipinski definition) is 4. The number of piperazine rings is 1. The minimum absolute atomic E-state index is 0.00444. The van der Waals surface area contributed by atoms with Crippen LogP contribution in [0.15, 0.2) is 24.3 Å². The Morgan fingerprint density at radius 1 is 1.23 bits per heavy atom. The number of benzene rings is 1. The van der Waals surface area contributed by atoms with Crippen molar-refractivity contribution in [2.75, 3.05) is 39.5 Å². The second kappa shape index (κ2) is 8.56. The van der Waals surface area contributed by atoms with Crippen LogP contribution in [-0.2, 0) is 17.9 Å². The van der Waals surface area contributed by atoms with Crippen LogP contribution in [0, 0.1) is 0 Å². The maximum Gasteiger partial charge on any atom is 0.233 e. The van der Waals surface area contributed by atoms with Crippen molar-refractivity contribution >= 4 is 17.7 Å². The van der Waals surface area contributed by atoms with Crippen LogP contribution in [0.1, 0.15) is 18.1 Å². The molecule has 0 saturated carbocycles. The van der Waals surface area contributed by atoms with Gasteiger partial charge < -0.3 is 10.2 Å². The molecule has 1 atom stereocenters. The molecule has 1 fully saturated rings. The fraction of sp³-hybridized carbons (Fsp3) is 0.588. The van der Waals surface area contributed by atoms with Gasteiger partial charge in [0.15, 0.2) is 0 Å². The van der Waals surface area contributed by atoms with Crippen molar-refractivity contribution in [3.63, 3.8) is 0 Å². The van der Waals surface area contributed by atoms with Gasteiger partial charge in [-0.25, -0.2) is 0 Å². The quantitative estimate of drug-likeness (QED) is 0.867. The molecule has 0 spiro atoms. The lowest BCUT2D eigenvalue weighted by Gasteiger charge is -2.32. The largest absolute Gasteiger partial charge is 0.351 e. The maximum atomic E-state index is 11.9. The van der Waals surface area contributed by atoms with E-state index in [1.165, 1.54) is 11.1 Å². The van der Waals surface area contributed by atoms with Gasteiger partial charge >= 0.3 is 0 Å². The Labute approximate surface area is 138 Å². The van der Waals surface area contributed by atoms with Crippen molar-refractivity contribution in [1.29, 1.82) is 0 Å². The summed E-state index contributed by atoms with van der Waals surface area (Å²) in [6.45, 7) is 8.01. The molecule has 5 heteroatoms. The van der Waals surface area contributed by atoms with Crippen molar-refractivity contribution in [2.45, 2.75) is 25.3 Å². The van der Waals surface area contributed by atoms with Gasteiger partial charge in [0.25, 0.3) is 0 Å². The highest BCUT2D eigenvalue weighted by atomic mass is 32.2. The third-order valence-electron chi connectivity index (χ3n) is 4.28. The topological polar surface area (TPSA) is 35.6 Å². The monoisotopic (exact) mass is 321 g/mol. The lowest BCUT2D eigenvalue weighted by molar-refractivity contribution is -0.120. The first-order valence-electron chi connectivity index (χ1n) is 7.88. The van der Waals surface area contributed by atoms with E-state index in [0.717, 1.165) is 32.7 Å². The minimum Gasteiger partial charge on any atom is -0.351 e. The van der Waals surface area contributed by atoms with Gasteiger partial charge in [-0.1, -0.05) is 24.3 Å². The molecule has 1 aromatic carbocycles. The average molecular weight is 321 g/mol. The summed E-state index contributed by atoms with van der Waals surface area (Å²) in [5.41, 5.74) is 2.55. The Morgan fingerprint density at radius 3 is 2.50 bits per heavy atom. The third kappa shape index (κ3) is 5.00. The predicted molar refractivity (Wildman–Crippen MR) is 94.0 cm³/mol. The van der Waals surface area contributed by atoms with Crippen LogP contribution < -0.4 is 5.32 Å². The summed E-state index contributed by atoms with van der Waals surface area (Å²) in [7, 11) is 2.17. The van der Waals surface area contributed by atoms with Gasteiger partial charge in [-0.05, 0) is 31.4 Å². The van der Waals surface area contributed by atoms with Gasteiger partial charge in [-0.2, -0.15) is 11.8 Å². The molecular formula is C17H27N3OS. The SMILES string of the molecule is CSC(C)C(=O)NCc1ccccc1CN1CCN(C)CC1. The van der Waals surface area contributed by atoms with Gasteiger partial charge in [-0.3, -0.25) is 9.69 Å². The molecule has 0 bridgehead atoms. The first-order chi connectivity index (χ1) is 10.6. The first kappa shape index (κ1) is 17.3. The number of carbonyl (C=O) groups excluding carboxylic acids is 1. The van der Waals surface area contributed by atoms with Gasteiger partial charge in [0.2, 0.25) is 5.91 Å². The van der Waals surface area contributed by atoms with Gasteiger partial charge in [0.05, 0.1) is 5.25 Å². The van der Waals surface area contributed by atoms with Crippen LogP contribution in [0.2, 0.25) is 0 Å². The van der Waals surface area contributed by atoms with E-state index in [9.17, 15) is 4.79 Å². The molecular weight excluding hydrogens is 294 g/mol. The summed E-state index contributed by atoms with van der Waals surface area (Å²) in [5.74, 6) is 0.113. The van der Waals surface area contributed by atoms with Crippen LogP contribution >= 0.6 is 11.8 Å². The number of thioether (sulfide) groups is 1. The molecule has 1 amide bonds. The fourth-order valence-corrected chi connectivity index (χ4v) is 2.86.